The van der Waals surface area contributed by atoms with Crippen molar-refractivity contribution in [1.82, 2.24) is 19.3 Å². The van der Waals surface area contributed by atoms with Gasteiger partial charge >= 0.3 is 0 Å². The molecule has 0 aliphatic carbocycles. The summed E-state index contributed by atoms with van der Waals surface area (Å²) in [6, 6.07) is 5.27. The van der Waals surface area contributed by atoms with Gasteiger partial charge in [-0.1, -0.05) is 58.4 Å². The van der Waals surface area contributed by atoms with Gasteiger partial charge in [-0.3, -0.25) is 19.4 Å². The number of nitrogens with one attached hydrogen (secondary N) is 2. The number of amides is 1. The number of carbonyl (C=O) groups excluding carboxylic acids is 1. The molecular formula is C25H35N5O2. The zero-order valence-electron chi connectivity index (χ0n) is 19.5. The van der Waals surface area contributed by atoms with E-state index in [0.717, 1.165) is 31.2 Å². The zero-order chi connectivity index (χ0) is 23.1. The molecule has 0 aliphatic rings. The van der Waals surface area contributed by atoms with Crippen LogP contribution in [-0.4, -0.2) is 26.4 Å². The highest BCUT2D eigenvalue weighted by Gasteiger charge is 2.17. The molecule has 1 amide bonds. The summed E-state index contributed by atoms with van der Waals surface area (Å²) in [5.41, 5.74) is 2.05. The van der Waals surface area contributed by atoms with Crippen LogP contribution in [0.25, 0.3) is 16.7 Å². The number of nitrogens with zero attached hydrogens (tertiary/aromatic N) is 3. The average molecular weight is 438 g/mol. The molecule has 0 radical (unpaired) electrons. The van der Waals surface area contributed by atoms with Crippen molar-refractivity contribution >= 4 is 22.6 Å². The van der Waals surface area contributed by atoms with Crippen molar-refractivity contribution < 1.29 is 4.79 Å². The zero-order valence-corrected chi connectivity index (χ0v) is 19.5. The average Bonchev–Trinajstić information content (AvgIpc) is 2.78. The Morgan fingerprint density at radius 2 is 1.78 bits per heavy atom. The molecule has 0 spiro atoms. The van der Waals surface area contributed by atoms with Crippen molar-refractivity contribution in [3.05, 3.63) is 51.4 Å². The molecule has 0 saturated carbocycles. The van der Waals surface area contributed by atoms with Crippen LogP contribution >= 0.6 is 0 Å². The first-order valence-corrected chi connectivity index (χ1v) is 11.9. The lowest BCUT2D eigenvalue weighted by molar-refractivity contribution is 0.0950. The molecule has 3 heterocycles. The van der Waals surface area contributed by atoms with Crippen LogP contribution in [0.15, 0.2) is 29.2 Å². The SMILES string of the molecule is CCCCCCCCNC(=O)c1cc2c(=O)n3cccc(C)c3nc2n(CCCC)c1=N. The minimum Gasteiger partial charge on any atom is -0.352 e. The second-order valence-electron chi connectivity index (χ2n) is 8.47. The van der Waals surface area contributed by atoms with Crippen LogP contribution in [0.2, 0.25) is 0 Å². The predicted octanol–water partition coefficient (Wildman–Crippen LogP) is 4.33. The predicted molar refractivity (Wildman–Crippen MR) is 128 cm³/mol. The number of aromatic nitrogens is 3. The van der Waals surface area contributed by atoms with Gasteiger partial charge in [0, 0.05) is 19.3 Å². The van der Waals surface area contributed by atoms with E-state index in [1.807, 2.05) is 19.1 Å². The number of fused-ring (bicyclic) bond motifs is 2. The van der Waals surface area contributed by atoms with Crippen LogP contribution in [-0.2, 0) is 6.54 Å². The Morgan fingerprint density at radius 1 is 1.06 bits per heavy atom. The van der Waals surface area contributed by atoms with Crippen LogP contribution < -0.4 is 16.4 Å². The number of rotatable bonds is 11. The van der Waals surface area contributed by atoms with Crippen LogP contribution in [0, 0.1) is 12.3 Å². The third-order valence-electron chi connectivity index (χ3n) is 5.93. The molecular weight excluding hydrogens is 402 g/mol. The summed E-state index contributed by atoms with van der Waals surface area (Å²) in [7, 11) is 0. The van der Waals surface area contributed by atoms with Crippen LogP contribution in [0.5, 0.6) is 0 Å². The van der Waals surface area contributed by atoms with E-state index in [1.54, 1.807) is 16.8 Å². The van der Waals surface area contributed by atoms with Gasteiger partial charge in [0.05, 0.1) is 10.9 Å². The lowest BCUT2D eigenvalue weighted by Crippen LogP contribution is -2.35. The molecule has 0 aliphatic heterocycles. The van der Waals surface area contributed by atoms with Crippen molar-refractivity contribution in [2.75, 3.05) is 6.54 Å². The van der Waals surface area contributed by atoms with Crippen molar-refractivity contribution in [2.24, 2.45) is 0 Å². The van der Waals surface area contributed by atoms with Crippen LogP contribution in [0.1, 0.15) is 81.1 Å². The highest BCUT2D eigenvalue weighted by Crippen LogP contribution is 2.13. The smallest absolute Gasteiger partial charge is 0.267 e. The van der Waals surface area contributed by atoms with Gasteiger partial charge in [-0.05, 0) is 37.5 Å². The molecule has 7 heteroatoms. The molecule has 0 fully saturated rings. The number of unbranched alkanes of at least 4 members (excludes halogenated alkanes) is 6. The van der Waals surface area contributed by atoms with Gasteiger partial charge in [-0.25, -0.2) is 4.98 Å². The molecule has 0 aromatic carbocycles. The Hall–Kier alpha value is -2.96. The van der Waals surface area contributed by atoms with Crippen molar-refractivity contribution in [2.45, 2.75) is 78.7 Å². The van der Waals surface area contributed by atoms with Crippen molar-refractivity contribution in [1.29, 1.82) is 5.41 Å². The number of pyridine rings is 2. The Bertz CT molecular complexity index is 1210. The second kappa shape index (κ2) is 11.1. The van der Waals surface area contributed by atoms with Gasteiger partial charge in [0.15, 0.2) is 0 Å². The maximum absolute atomic E-state index is 13.3. The standard InChI is InChI=1S/C25H35N5O2/c1-4-6-8-9-10-11-14-27-24(31)19-17-20-23(29(21(19)26)15-7-5-2)28-22-18(3)13-12-16-30(22)25(20)32/h12-13,16-17,26H,4-11,14-15H2,1-3H3,(H,27,31). The fourth-order valence-electron chi connectivity index (χ4n) is 4.01. The van der Waals surface area contributed by atoms with Gasteiger partial charge in [-0.2, -0.15) is 0 Å². The summed E-state index contributed by atoms with van der Waals surface area (Å²) >= 11 is 0. The minimum atomic E-state index is -0.301. The first-order valence-electron chi connectivity index (χ1n) is 11.9. The molecule has 3 aromatic rings. The van der Waals surface area contributed by atoms with E-state index < -0.39 is 0 Å². The van der Waals surface area contributed by atoms with Crippen molar-refractivity contribution in [3.63, 3.8) is 0 Å². The third kappa shape index (κ3) is 5.09. The quantitative estimate of drug-likeness (QED) is 0.345. The summed E-state index contributed by atoms with van der Waals surface area (Å²) < 4.78 is 3.23. The molecule has 32 heavy (non-hydrogen) atoms. The molecule has 0 unspecified atom stereocenters. The van der Waals surface area contributed by atoms with E-state index in [2.05, 4.69) is 19.2 Å². The molecule has 0 saturated heterocycles. The summed E-state index contributed by atoms with van der Waals surface area (Å²) in [5.74, 6) is -0.301. The van der Waals surface area contributed by atoms with E-state index >= 15 is 0 Å². The van der Waals surface area contributed by atoms with E-state index in [4.69, 9.17) is 10.4 Å². The first kappa shape index (κ1) is 23.7. The highest BCUT2D eigenvalue weighted by molar-refractivity contribution is 5.96. The highest BCUT2D eigenvalue weighted by atomic mass is 16.1. The number of hydrogen-bond acceptors (Lipinski definition) is 4. The first-order chi connectivity index (χ1) is 15.5. The number of aryl methyl sites for hydroxylation is 2. The van der Waals surface area contributed by atoms with E-state index in [1.165, 1.54) is 30.1 Å². The fourth-order valence-corrected chi connectivity index (χ4v) is 4.01. The van der Waals surface area contributed by atoms with Gasteiger partial charge in [0.25, 0.3) is 11.5 Å². The summed E-state index contributed by atoms with van der Waals surface area (Å²) in [6.45, 7) is 7.30. The molecule has 3 rings (SSSR count). The monoisotopic (exact) mass is 437 g/mol. The maximum atomic E-state index is 13.3. The Kier molecular flexibility index (Phi) is 8.20. The molecule has 2 N–H and O–H groups in total. The Morgan fingerprint density at radius 3 is 2.53 bits per heavy atom. The largest absolute Gasteiger partial charge is 0.352 e. The maximum Gasteiger partial charge on any atom is 0.267 e. The van der Waals surface area contributed by atoms with Gasteiger partial charge in [0.1, 0.15) is 16.8 Å². The van der Waals surface area contributed by atoms with Crippen LogP contribution in [0.3, 0.4) is 0 Å². The molecule has 172 valence electrons. The van der Waals surface area contributed by atoms with Gasteiger partial charge in [-0.15, -0.1) is 0 Å². The van der Waals surface area contributed by atoms with Gasteiger partial charge in [0.2, 0.25) is 0 Å². The van der Waals surface area contributed by atoms with E-state index in [-0.39, 0.29) is 22.5 Å². The van der Waals surface area contributed by atoms with E-state index in [0.29, 0.717) is 29.8 Å². The second-order valence-corrected chi connectivity index (χ2v) is 8.47. The molecule has 3 aromatic heterocycles. The summed E-state index contributed by atoms with van der Waals surface area (Å²) in [5, 5.41) is 12.0. The summed E-state index contributed by atoms with van der Waals surface area (Å²) in [6.07, 6.45) is 10.3. The fraction of sp³-hybridized carbons (Fsp3) is 0.520. The molecule has 0 bridgehead atoms. The topological polar surface area (TPSA) is 92.2 Å². The Balaban J connectivity index is 1.96. The van der Waals surface area contributed by atoms with E-state index in [9.17, 15) is 9.59 Å². The number of carbonyl (C=O) groups is 1. The van der Waals surface area contributed by atoms with Gasteiger partial charge < -0.3 is 9.88 Å². The minimum absolute atomic E-state index is 0.108. The molecule has 0 atom stereocenters. The lowest BCUT2D eigenvalue weighted by atomic mass is 10.1. The normalized spacial score (nSPS) is 11.3. The number of hydrogen-bond donors (Lipinski definition) is 2. The molecule has 7 nitrogen and oxygen atoms in total. The van der Waals surface area contributed by atoms with Crippen LogP contribution in [0.4, 0.5) is 0 Å². The van der Waals surface area contributed by atoms with Crippen molar-refractivity contribution in [3.8, 4) is 0 Å². The third-order valence-corrected chi connectivity index (χ3v) is 5.93. The summed E-state index contributed by atoms with van der Waals surface area (Å²) in [4.78, 5) is 30.9. The lowest BCUT2D eigenvalue weighted by Gasteiger charge is -2.15. The Labute approximate surface area is 189 Å².